The summed E-state index contributed by atoms with van der Waals surface area (Å²) in [6.45, 7) is 1.92. The summed E-state index contributed by atoms with van der Waals surface area (Å²) in [4.78, 5) is 12.6. The van der Waals surface area contributed by atoms with Crippen molar-refractivity contribution >= 4 is 38.1 Å². The zero-order valence-corrected chi connectivity index (χ0v) is 17.1. The number of nitrogens with one attached hydrogen (secondary N) is 1. The lowest BCUT2D eigenvalue weighted by atomic mass is 9.96. The molecule has 2 aromatic carbocycles. The molecule has 28 heavy (non-hydrogen) atoms. The van der Waals surface area contributed by atoms with Gasteiger partial charge in [0.2, 0.25) is 11.0 Å². The summed E-state index contributed by atoms with van der Waals surface area (Å²) in [5, 5.41) is 10.4. The number of amides is 1. The molecule has 146 valence electrons. The normalized spacial score (nSPS) is 12.4. The van der Waals surface area contributed by atoms with Crippen molar-refractivity contribution in [1.29, 1.82) is 0 Å². The SMILES string of the molecule is CCC(C(=O)Nc1nnc(S(=O)(=O)N(C)c2ccccc2)s1)c1ccccc1. The first-order chi connectivity index (χ1) is 13.4. The predicted molar refractivity (Wildman–Crippen MR) is 110 cm³/mol. The molecule has 0 radical (unpaired) electrons. The third-order valence-electron chi connectivity index (χ3n) is 4.26. The van der Waals surface area contributed by atoms with Crippen LogP contribution in [0.1, 0.15) is 24.8 Å². The van der Waals surface area contributed by atoms with Crippen LogP contribution < -0.4 is 9.62 Å². The van der Waals surface area contributed by atoms with E-state index >= 15 is 0 Å². The first-order valence-electron chi connectivity index (χ1n) is 8.66. The molecule has 3 aromatic rings. The maximum Gasteiger partial charge on any atom is 0.293 e. The summed E-state index contributed by atoms with van der Waals surface area (Å²) in [5.74, 6) is -0.595. The van der Waals surface area contributed by atoms with Crippen LogP contribution in [0.2, 0.25) is 0 Å². The van der Waals surface area contributed by atoms with Gasteiger partial charge in [0.15, 0.2) is 0 Å². The Labute approximate surface area is 168 Å². The van der Waals surface area contributed by atoms with Gasteiger partial charge >= 0.3 is 0 Å². The molecule has 0 aliphatic heterocycles. The quantitative estimate of drug-likeness (QED) is 0.595. The Morgan fingerprint density at radius 1 is 1.07 bits per heavy atom. The van der Waals surface area contributed by atoms with E-state index in [0.717, 1.165) is 21.2 Å². The fraction of sp³-hybridized carbons (Fsp3) is 0.211. The lowest BCUT2D eigenvalue weighted by Gasteiger charge is -2.17. The van der Waals surface area contributed by atoms with Gasteiger partial charge in [-0.2, -0.15) is 8.42 Å². The first kappa shape index (κ1) is 20.0. The molecule has 1 atom stereocenters. The molecule has 1 N–H and O–H groups in total. The van der Waals surface area contributed by atoms with Crippen molar-refractivity contribution in [2.75, 3.05) is 16.7 Å². The lowest BCUT2D eigenvalue weighted by molar-refractivity contribution is -0.117. The van der Waals surface area contributed by atoms with Gasteiger partial charge < -0.3 is 0 Å². The molecule has 0 saturated carbocycles. The van der Waals surface area contributed by atoms with Crippen LogP contribution in [0.25, 0.3) is 0 Å². The zero-order valence-electron chi connectivity index (χ0n) is 15.4. The Kier molecular flexibility index (Phi) is 6.05. The molecule has 1 amide bonds. The van der Waals surface area contributed by atoms with Crippen LogP contribution >= 0.6 is 11.3 Å². The number of sulfonamides is 1. The van der Waals surface area contributed by atoms with Gasteiger partial charge in [0.1, 0.15) is 0 Å². The molecule has 0 saturated heterocycles. The largest absolute Gasteiger partial charge is 0.300 e. The van der Waals surface area contributed by atoms with E-state index in [1.54, 1.807) is 30.3 Å². The summed E-state index contributed by atoms with van der Waals surface area (Å²) >= 11 is 0.830. The van der Waals surface area contributed by atoms with E-state index in [9.17, 15) is 13.2 Å². The number of aromatic nitrogens is 2. The van der Waals surface area contributed by atoms with Gasteiger partial charge in [-0.25, -0.2) is 0 Å². The van der Waals surface area contributed by atoms with Crippen molar-refractivity contribution in [1.82, 2.24) is 10.2 Å². The molecular weight excluding hydrogens is 396 g/mol. The van der Waals surface area contributed by atoms with E-state index in [2.05, 4.69) is 15.5 Å². The van der Waals surface area contributed by atoms with Gasteiger partial charge in [-0.05, 0) is 24.1 Å². The number of hydrogen-bond donors (Lipinski definition) is 1. The fourth-order valence-electron chi connectivity index (χ4n) is 2.71. The van der Waals surface area contributed by atoms with Crippen molar-refractivity contribution in [2.45, 2.75) is 23.6 Å². The second kappa shape index (κ2) is 8.49. The van der Waals surface area contributed by atoms with Gasteiger partial charge in [-0.1, -0.05) is 66.8 Å². The number of benzene rings is 2. The lowest BCUT2D eigenvalue weighted by Crippen LogP contribution is -2.26. The standard InChI is InChI=1S/C19H20N4O3S2/c1-3-16(14-10-6-4-7-11-14)17(24)20-18-21-22-19(27-18)28(25,26)23(2)15-12-8-5-9-13-15/h4-13,16H,3H2,1-2H3,(H,20,21,24). The highest BCUT2D eigenvalue weighted by Crippen LogP contribution is 2.27. The van der Waals surface area contributed by atoms with E-state index in [4.69, 9.17) is 0 Å². The van der Waals surface area contributed by atoms with Crippen LogP contribution in [-0.4, -0.2) is 31.6 Å². The molecule has 0 fully saturated rings. The minimum Gasteiger partial charge on any atom is -0.300 e. The van der Waals surface area contributed by atoms with Crippen molar-refractivity contribution < 1.29 is 13.2 Å². The highest BCUT2D eigenvalue weighted by Gasteiger charge is 2.27. The molecule has 1 heterocycles. The second-order valence-corrected chi connectivity index (χ2v) is 9.16. The van der Waals surface area contributed by atoms with Crippen LogP contribution in [0.5, 0.6) is 0 Å². The van der Waals surface area contributed by atoms with Gasteiger partial charge in [0, 0.05) is 7.05 Å². The maximum atomic E-state index is 12.8. The third kappa shape index (κ3) is 4.20. The fourth-order valence-corrected chi connectivity index (χ4v) is 4.96. The summed E-state index contributed by atoms with van der Waals surface area (Å²) in [7, 11) is -2.41. The van der Waals surface area contributed by atoms with E-state index in [1.807, 2.05) is 37.3 Å². The van der Waals surface area contributed by atoms with E-state index in [-0.39, 0.29) is 21.3 Å². The number of anilines is 2. The van der Waals surface area contributed by atoms with Crippen LogP contribution in [0.4, 0.5) is 10.8 Å². The minimum absolute atomic E-state index is 0.152. The minimum atomic E-state index is -3.86. The summed E-state index contributed by atoms with van der Waals surface area (Å²) in [6, 6.07) is 18.1. The van der Waals surface area contributed by atoms with Crippen LogP contribution in [-0.2, 0) is 14.8 Å². The zero-order chi connectivity index (χ0) is 20.1. The van der Waals surface area contributed by atoms with E-state index < -0.39 is 10.0 Å². The summed E-state index contributed by atoms with van der Waals surface area (Å²) in [5.41, 5.74) is 1.40. The van der Waals surface area contributed by atoms with E-state index in [0.29, 0.717) is 12.1 Å². The molecule has 0 aliphatic rings. The molecular formula is C19H20N4O3S2. The molecule has 0 spiro atoms. The molecule has 3 rings (SSSR count). The average Bonchev–Trinajstić information content (AvgIpc) is 3.19. The molecule has 0 bridgehead atoms. The molecule has 1 unspecified atom stereocenters. The van der Waals surface area contributed by atoms with Gasteiger partial charge in [-0.3, -0.25) is 14.4 Å². The van der Waals surface area contributed by atoms with Crippen LogP contribution in [0.3, 0.4) is 0 Å². The first-order valence-corrected chi connectivity index (χ1v) is 10.9. The van der Waals surface area contributed by atoms with Crippen molar-refractivity contribution in [3.05, 3.63) is 66.2 Å². The number of rotatable bonds is 7. The van der Waals surface area contributed by atoms with Gasteiger partial charge in [-0.15, -0.1) is 10.2 Å². The van der Waals surface area contributed by atoms with Crippen LogP contribution in [0.15, 0.2) is 65.0 Å². The van der Waals surface area contributed by atoms with Gasteiger partial charge in [0.05, 0.1) is 11.6 Å². The topological polar surface area (TPSA) is 92.3 Å². The molecule has 7 nitrogen and oxygen atoms in total. The highest BCUT2D eigenvalue weighted by molar-refractivity contribution is 7.94. The Hall–Kier alpha value is -2.78. The van der Waals surface area contributed by atoms with Crippen molar-refractivity contribution in [2.24, 2.45) is 0 Å². The third-order valence-corrected chi connectivity index (χ3v) is 7.23. The van der Waals surface area contributed by atoms with Gasteiger partial charge in [0.25, 0.3) is 14.4 Å². The predicted octanol–water partition coefficient (Wildman–Crippen LogP) is 3.50. The highest BCUT2D eigenvalue weighted by atomic mass is 32.2. The molecule has 0 aliphatic carbocycles. The Balaban J connectivity index is 1.77. The summed E-state index contributed by atoms with van der Waals surface area (Å²) < 4.78 is 26.5. The second-order valence-electron chi connectivity index (χ2n) is 6.04. The smallest absolute Gasteiger partial charge is 0.293 e. The number of nitrogens with zero attached hydrogens (tertiary/aromatic N) is 3. The number of carbonyl (C=O) groups is 1. The number of hydrogen-bond acceptors (Lipinski definition) is 6. The number of para-hydroxylation sites is 1. The Bertz CT molecular complexity index is 1040. The summed E-state index contributed by atoms with van der Waals surface area (Å²) in [6.07, 6.45) is 0.608. The van der Waals surface area contributed by atoms with Crippen LogP contribution in [0, 0.1) is 0 Å². The van der Waals surface area contributed by atoms with E-state index in [1.165, 1.54) is 7.05 Å². The monoisotopic (exact) mass is 416 g/mol. The maximum absolute atomic E-state index is 12.8. The molecule has 9 heteroatoms. The Morgan fingerprint density at radius 3 is 2.29 bits per heavy atom. The van der Waals surface area contributed by atoms with Crippen molar-refractivity contribution in [3.63, 3.8) is 0 Å². The Morgan fingerprint density at radius 2 is 1.68 bits per heavy atom. The molecule has 1 aromatic heterocycles. The average molecular weight is 417 g/mol. The van der Waals surface area contributed by atoms with Crippen molar-refractivity contribution in [3.8, 4) is 0 Å². The number of carbonyl (C=O) groups excluding carboxylic acids is 1.